The molecule has 0 bridgehead atoms. The number of nitrogens with two attached hydrogens (primary N) is 2. The Hall–Kier alpha value is -1.02. The van der Waals surface area contributed by atoms with Gasteiger partial charge in [0.15, 0.2) is 0 Å². The van der Waals surface area contributed by atoms with Gasteiger partial charge in [0.05, 0.1) is 0 Å². The molecule has 0 heterocycles. The van der Waals surface area contributed by atoms with E-state index in [1.807, 2.05) is 24.3 Å². The Morgan fingerprint density at radius 2 is 1.77 bits per heavy atom. The number of hydrogen-bond donors (Lipinski definition) is 2. The molecule has 0 spiro atoms. The molecule has 13 heavy (non-hydrogen) atoms. The second-order valence-corrected chi connectivity index (χ2v) is 3.88. The van der Waals surface area contributed by atoms with E-state index in [1.165, 1.54) is 24.8 Å². The van der Waals surface area contributed by atoms with Crippen LogP contribution in [-0.2, 0) is 0 Å². The first-order chi connectivity index (χ1) is 6.27. The van der Waals surface area contributed by atoms with E-state index in [2.05, 4.69) is 0 Å². The molecule has 1 aromatic rings. The molecule has 0 amide bonds. The summed E-state index contributed by atoms with van der Waals surface area (Å²) in [6, 6.07) is 8.15. The van der Waals surface area contributed by atoms with E-state index in [-0.39, 0.29) is 6.04 Å². The van der Waals surface area contributed by atoms with Gasteiger partial charge in [0.2, 0.25) is 0 Å². The van der Waals surface area contributed by atoms with Crippen molar-refractivity contribution in [3.8, 4) is 0 Å². The Bertz CT molecular complexity index is 275. The molecule has 0 saturated heterocycles. The van der Waals surface area contributed by atoms with Gasteiger partial charge in [-0.2, -0.15) is 0 Å². The Morgan fingerprint density at radius 1 is 1.15 bits per heavy atom. The Labute approximate surface area is 78.9 Å². The molecular weight excluding hydrogens is 160 g/mol. The highest BCUT2D eigenvalue weighted by molar-refractivity contribution is 5.40. The number of nitrogen functional groups attached to an aromatic ring is 1. The number of rotatable bonds is 2. The summed E-state index contributed by atoms with van der Waals surface area (Å²) in [6.45, 7) is 0. The third-order valence-corrected chi connectivity index (χ3v) is 2.98. The van der Waals surface area contributed by atoms with Gasteiger partial charge in [-0.1, -0.05) is 18.6 Å². The minimum absolute atomic E-state index is 0.217. The highest BCUT2D eigenvalue weighted by atomic mass is 14.7. The molecular formula is C11H16N2. The molecule has 0 aliphatic heterocycles. The van der Waals surface area contributed by atoms with Crippen LogP contribution in [0.4, 0.5) is 5.69 Å². The summed E-state index contributed by atoms with van der Waals surface area (Å²) in [5, 5.41) is 0. The lowest BCUT2D eigenvalue weighted by molar-refractivity contribution is 0.264. The summed E-state index contributed by atoms with van der Waals surface area (Å²) in [6.07, 6.45) is 3.91. The summed E-state index contributed by atoms with van der Waals surface area (Å²) in [5.74, 6) is 0.698. The number of anilines is 1. The van der Waals surface area contributed by atoms with Gasteiger partial charge < -0.3 is 11.5 Å². The van der Waals surface area contributed by atoms with Crippen molar-refractivity contribution in [1.82, 2.24) is 0 Å². The summed E-state index contributed by atoms with van der Waals surface area (Å²) in [7, 11) is 0. The average Bonchev–Trinajstić information content (AvgIpc) is 2.02. The lowest BCUT2D eigenvalue weighted by Crippen LogP contribution is -2.26. The van der Waals surface area contributed by atoms with Crippen molar-refractivity contribution in [3.05, 3.63) is 29.8 Å². The van der Waals surface area contributed by atoms with Gasteiger partial charge in [-0.25, -0.2) is 0 Å². The predicted octanol–water partition coefficient (Wildman–Crippen LogP) is 2.07. The second kappa shape index (κ2) is 3.38. The lowest BCUT2D eigenvalue weighted by atomic mass is 9.77. The second-order valence-electron chi connectivity index (χ2n) is 3.88. The van der Waals surface area contributed by atoms with E-state index in [9.17, 15) is 0 Å². The fraction of sp³-hybridized carbons (Fsp3) is 0.455. The van der Waals surface area contributed by atoms with Crippen LogP contribution in [0.1, 0.15) is 30.9 Å². The van der Waals surface area contributed by atoms with Gasteiger partial charge >= 0.3 is 0 Å². The maximum absolute atomic E-state index is 6.11. The Kier molecular flexibility index (Phi) is 2.23. The normalized spacial score (nSPS) is 19.5. The van der Waals surface area contributed by atoms with Crippen molar-refractivity contribution in [1.29, 1.82) is 0 Å². The average molecular weight is 176 g/mol. The van der Waals surface area contributed by atoms with E-state index in [0.29, 0.717) is 5.92 Å². The maximum atomic E-state index is 6.11. The molecule has 1 atom stereocenters. The molecule has 0 radical (unpaired) electrons. The van der Waals surface area contributed by atoms with Gasteiger partial charge in [0.1, 0.15) is 0 Å². The molecule has 70 valence electrons. The summed E-state index contributed by atoms with van der Waals surface area (Å²) < 4.78 is 0. The predicted molar refractivity (Wildman–Crippen MR) is 55.1 cm³/mol. The largest absolute Gasteiger partial charge is 0.399 e. The molecule has 2 rings (SSSR count). The SMILES string of the molecule is Nc1ccc(C(N)C2CCC2)cc1. The fourth-order valence-corrected chi connectivity index (χ4v) is 1.79. The minimum atomic E-state index is 0.217. The van der Waals surface area contributed by atoms with Crippen LogP contribution in [0.5, 0.6) is 0 Å². The van der Waals surface area contributed by atoms with Crippen LogP contribution in [0.15, 0.2) is 24.3 Å². The molecule has 1 aliphatic rings. The van der Waals surface area contributed by atoms with E-state index >= 15 is 0 Å². The van der Waals surface area contributed by atoms with Crippen molar-refractivity contribution in [2.24, 2.45) is 11.7 Å². The highest BCUT2D eigenvalue weighted by Gasteiger charge is 2.25. The van der Waals surface area contributed by atoms with Crippen LogP contribution in [-0.4, -0.2) is 0 Å². The van der Waals surface area contributed by atoms with Crippen LogP contribution in [0, 0.1) is 5.92 Å². The summed E-state index contributed by atoms with van der Waals surface area (Å²) in [5.41, 5.74) is 13.7. The Balaban J connectivity index is 2.10. The number of hydrogen-bond acceptors (Lipinski definition) is 2. The molecule has 2 nitrogen and oxygen atoms in total. The van der Waals surface area contributed by atoms with E-state index in [1.54, 1.807) is 0 Å². The van der Waals surface area contributed by atoms with Gasteiger partial charge in [-0.15, -0.1) is 0 Å². The van der Waals surface area contributed by atoms with Crippen LogP contribution >= 0.6 is 0 Å². The van der Waals surface area contributed by atoms with Crippen LogP contribution in [0.2, 0.25) is 0 Å². The molecule has 2 heteroatoms. The number of benzene rings is 1. The third kappa shape index (κ3) is 1.68. The van der Waals surface area contributed by atoms with Gasteiger partial charge in [0, 0.05) is 11.7 Å². The lowest BCUT2D eigenvalue weighted by Gasteiger charge is -2.31. The first-order valence-corrected chi connectivity index (χ1v) is 4.88. The topological polar surface area (TPSA) is 52.0 Å². The zero-order chi connectivity index (χ0) is 9.26. The first kappa shape index (κ1) is 8.57. The zero-order valence-electron chi connectivity index (χ0n) is 7.74. The molecule has 1 fully saturated rings. The molecule has 1 saturated carbocycles. The van der Waals surface area contributed by atoms with Crippen molar-refractivity contribution in [3.63, 3.8) is 0 Å². The van der Waals surface area contributed by atoms with Gasteiger partial charge in [0.25, 0.3) is 0 Å². The zero-order valence-corrected chi connectivity index (χ0v) is 7.74. The van der Waals surface area contributed by atoms with E-state index < -0.39 is 0 Å². The molecule has 1 aliphatic carbocycles. The van der Waals surface area contributed by atoms with Gasteiger partial charge in [-0.05, 0) is 36.5 Å². The van der Waals surface area contributed by atoms with E-state index in [4.69, 9.17) is 11.5 Å². The molecule has 4 N–H and O–H groups in total. The van der Waals surface area contributed by atoms with Gasteiger partial charge in [-0.3, -0.25) is 0 Å². The van der Waals surface area contributed by atoms with Crippen LogP contribution in [0.25, 0.3) is 0 Å². The molecule has 1 aromatic carbocycles. The van der Waals surface area contributed by atoms with Crippen molar-refractivity contribution < 1.29 is 0 Å². The first-order valence-electron chi connectivity index (χ1n) is 4.88. The standard InChI is InChI=1S/C11H16N2/c12-10-6-4-9(5-7-10)11(13)8-2-1-3-8/h4-8,11H,1-3,12-13H2. The van der Waals surface area contributed by atoms with E-state index in [0.717, 1.165) is 5.69 Å². The third-order valence-electron chi connectivity index (χ3n) is 2.98. The summed E-state index contributed by atoms with van der Waals surface area (Å²) in [4.78, 5) is 0. The van der Waals surface area contributed by atoms with Crippen molar-refractivity contribution >= 4 is 5.69 Å². The highest BCUT2D eigenvalue weighted by Crippen LogP contribution is 2.36. The smallest absolute Gasteiger partial charge is 0.0323 e. The fourth-order valence-electron chi connectivity index (χ4n) is 1.79. The summed E-state index contributed by atoms with van der Waals surface area (Å²) >= 11 is 0. The van der Waals surface area contributed by atoms with Crippen LogP contribution < -0.4 is 11.5 Å². The molecule has 0 aromatic heterocycles. The molecule has 1 unspecified atom stereocenters. The van der Waals surface area contributed by atoms with Crippen LogP contribution in [0.3, 0.4) is 0 Å². The maximum Gasteiger partial charge on any atom is 0.0323 e. The minimum Gasteiger partial charge on any atom is -0.399 e. The van der Waals surface area contributed by atoms with Crippen molar-refractivity contribution in [2.75, 3.05) is 5.73 Å². The Morgan fingerprint density at radius 3 is 2.23 bits per heavy atom. The van der Waals surface area contributed by atoms with Crippen molar-refractivity contribution in [2.45, 2.75) is 25.3 Å². The monoisotopic (exact) mass is 176 g/mol. The quantitative estimate of drug-likeness (QED) is 0.678.